The van der Waals surface area contributed by atoms with Gasteiger partial charge in [0, 0.05) is 34.6 Å². The van der Waals surface area contributed by atoms with E-state index in [1.807, 2.05) is 54.6 Å². The van der Waals surface area contributed by atoms with Crippen molar-refractivity contribution in [2.24, 2.45) is 0 Å². The molecular formula is C32H35FN2O5. The fourth-order valence-electron chi connectivity index (χ4n) is 4.87. The lowest BCUT2D eigenvalue weighted by atomic mass is 10.0. The molecule has 4 aromatic rings. The first-order valence-electron chi connectivity index (χ1n) is 13.2. The summed E-state index contributed by atoms with van der Waals surface area (Å²) in [6.07, 6.45) is 1.98. The molecule has 0 fully saturated rings. The number of aliphatic hydroxyl groups excluding tert-OH is 1. The zero-order chi connectivity index (χ0) is 28.6. The number of hydrogen-bond donors (Lipinski definition) is 3. The lowest BCUT2D eigenvalue weighted by molar-refractivity contribution is -0.133. The van der Waals surface area contributed by atoms with E-state index < -0.39 is 18.1 Å². The van der Waals surface area contributed by atoms with Crippen LogP contribution in [0, 0.1) is 5.82 Å². The van der Waals surface area contributed by atoms with E-state index >= 15 is 0 Å². The molecule has 3 aromatic carbocycles. The average Bonchev–Trinajstić information content (AvgIpc) is 3.29. The number of carbonyl (C=O) groups excluding carboxylic acids is 1. The minimum atomic E-state index is -0.938. The van der Waals surface area contributed by atoms with Crippen molar-refractivity contribution < 1.29 is 29.0 Å². The minimum Gasteiger partial charge on any atom is -0.497 e. The van der Waals surface area contributed by atoms with Gasteiger partial charge in [-0.2, -0.15) is 0 Å². The van der Waals surface area contributed by atoms with Crippen LogP contribution in [-0.2, 0) is 16.1 Å². The number of aliphatic hydroxyl groups is 1. The Morgan fingerprint density at radius 1 is 1.05 bits per heavy atom. The second kappa shape index (κ2) is 13.4. The molecule has 210 valence electrons. The normalized spacial score (nSPS) is 13.2. The number of aromatic nitrogens is 1. The third-order valence-electron chi connectivity index (χ3n) is 6.76. The molecule has 0 saturated heterocycles. The van der Waals surface area contributed by atoms with Crippen molar-refractivity contribution in [1.82, 2.24) is 10.0 Å². The van der Waals surface area contributed by atoms with Crippen LogP contribution in [-0.4, -0.2) is 40.1 Å². The molecule has 0 aliphatic rings. The molecule has 1 aromatic heterocycles. The number of amides is 1. The molecule has 8 heteroatoms. The predicted octanol–water partition coefficient (Wildman–Crippen LogP) is 6.28. The fraction of sp³-hybridized carbons (Fsp3) is 0.281. The Bertz CT molecular complexity index is 1440. The van der Waals surface area contributed by atoms with Gasteiger partial charge in [-0.25, -0.2) is 9.87 Å². The van der Waals surface area contributed by atoms with Crippen LogP contribution in [0.1, 0.15) is 44.0 Å². The second-order valence-electron chi connectivity index (χ2n) is 9.93. The zero-order valence-corrected chi connectivity index (χ0v) is 22.9. The Morgan fingerprint density at radius 3 is 2.40 bits per heavy atom. The summed E-state index contributed by atoms with van der Waals surface area (Å²) in [7, 11) is 1.59. The number of nitrogens with zero attached hydrogens (tertiary/aromatic N) is 1. The highest BCUT2D eigenvalue weighted by Crippen LogP contribution is 2.38. The second-order valence-corrected chi connectivity index (χ2v) is 9.93. The van der Waals surface area contributed by atoms with Crippen LogP contribution in [0.25, 0.3) is 28.1 Å². The van der Waals surface area contributed by atoms with Crippen LogP contribution in [0.2, 0.25) is 0 Å². The smallest absolute Gasteiger partial charge is 0.245 e. The molecule has 2 unspecified atom stereocenters. The average molecular weight is 547 g/mol. The summed E-state index contributed by atoms with van der Waals surface area (Å²) < 4.78 is 27.1. The van der Waals surface area contributed by atoms with E-state index in [0.717, 1.165) is 39.0 Å². The summed E-state index contributed by atoms with van der Waals surface area (Å²) in [6.45, 7) is 4.40. The van der Waals surface area contributed by atoms with E-state index in [4.69, 9.17) is 14.7 Å². The first-order chi connectivity index (χ1) is 19.3. The maximum absolute atomic E-state index is 13.7. The van der Waals surface area contributed by atoms with Crippen LogP contribution in [0.15, 0.2) is 78.9 Å². The number of nitrogens with one attached hydrogen (secondary N) is 1. The van der Waals surface area contributed by atoms with Crippen LogP contribution in [0.4, 0.5) is 4.39 Å². The molecule has 1 heterocycles. The van der Waals surface area contributed by atoms with Crippen molar-refractivity contribution in [3.8, 4) is 16.9 Å². The Kier molecular flexibility index (Phi) is 9.71. The number of hydrogen-bond acceptors (Lipinski definition) is 5. The van der Waals surface area contributed by atoms with Crippen molar-refractivity contribution in [2.45, 2.75) is 51.5 Å². The summed E-state index contributed by atoms with van der Waals surface area (Å²) in [4.78, 5) is 11.9. The third kappa shape index (κ3) is 6.96. The number of rotatable bonds is 12. The maximum atomic E-state index is 13.7. The molecule has 4 rings (SSSR count). The molecule has 0 aliphatic heterocycles. The number of halogens is 1. The Morgan fingerprint density at radius 2 is 1.75 bits per heavy atom. The summed E-state index contributed by atoms with van der Waals surface area (Å²) in [5.41, 5.74) is 6.24. The van der Waals surface area contributed by atoms with E-state index in [-0.39, 0.29) is 31.3 Å². The lowest BCUT2D eigenvalue weighted by Gasteiger charge is -2.19. The first kappa shape index (κ1) is 29.0. The predicted molar refractivity (Wildman–Crippen MR) is 153 cm³/mol. The van der Waals surface area contributed by atoms with Crippen molar-refractivity contribution in [3.63, 3.8) is 0 Å². The third-order valence-corrected chi connectivity index (χ3v) is 6.76. The molecule has 7 nitrogen and oxygen atoms in total. The molecule has 0 spiro atoms. The maximum Gasteiger partial charge on any atom is 0.245 e. The Hall–Kier alpha value is -3.98. The number of hydroxylamine groups is 1. The van der Waals surface area contributed by atoms with Crippen molar-refractivity contribution >= 4 is 22.9 Å². The fourth-order valence-corrected chi connectivity index (χ4v) is 4.87. The van der Waals surface area contributed by atoms with E-state index in [1.165, 1.54) is 12.1 Å². The number of methoxy groups -OCH3 is 1. The summed E-state index contributed by atoms with van der Waals surface area (Å²) >= 11 is 0. The highest BCUT2D eigenvalue weighted by atomic mass is 19.1. The molecular weight excluding hydrogens is 511 g/mol. The van der Waals surface area contributed by atoms with Gasteiger partial charge >= 0.3 is 0 Å². The van der Waals surface area contributed by atoms with Gasteiger partial charge in [-0.15, -0.1) is 0 Å². The van der Waals surface area contributed by atoms with Gasteiger partial charge in [-0.1, -0.05) is 48.5 Å². The molecule has 0 saturated carbocycles. The number of carbonyl (C=O) groups is 1. The Labute approximate surface area is 233 Å². The Balaban J connectivity index is 1.60. The van der Waals surface area contributed by atoms with E-state index in [9.17, 15) is 14.3 Å². The zero-order valence-electron chi connectivity index (χ0n) is 22.9. The van der Waals surface area contributed by atoms with Crippen LogP contribution >= 0.6 is 0 Å². The van der Waals surface area contributed by atoms with Crippen molar-refractivity contribution in [1.29, 1.82) is 0 Å². The number of benzene rings is 3. The quantitative estimate of drug-likeness (QED) is 0.144. The highest BCUT2D eigenvalue weighted by molar-refractivity contribution is 6.01. The van der Waals surface area contributed by atoms with Crippen LogP contribution in [0.3, 0.4) is 0 Å². The van der Waals surface area contributed by atoms with Gasteiger partial charge in [0.15, 0.2) is 0 Å². The molecule has 3 N–H and O–H groups in total. The molecule has 0 aliphatic carbocycles. The molecule has 0 bridgehead atoms. The van der Waals surface area contributed by atoms with Gasteiger partial charge in [0.1, 0.15) is 11.6 Å². The lowest BCUT2D eigenvalue weighted by Crippen LogP contribution is -2.28. The van der Waals surface area contributed by atoms with Crippen molar-refractivity contribution in [3.05, 3.63) is 95.9 Å². The first-order valence-corrected chi connectivity index (χ1v) is 13.2. The topological polar surface area (TPSA) is 93.0 Å². The van der Waals surface area contributed by atoms with Gasteiger partial charge in [0.25, 0.3) is 0 Å². The van der Waals surface area contributed by atoms with E-state index in [2.05, 4.69) is 18.4 Å². The summed E-state index contributed by atoms with van der Waals surface area (Å²) in [5, 5.41) is 21.1. The number of fused-ring (bicyclic) bond motifs is 1. The van der Waals surface area contributed by atoms with Crippen LogP contribution in [0.5, 0.6) is 5.75 Å². The summed E-state index contributed by atoms with van der Waals surface area (Å²) in [6, 6.07) is 21.9. The van der Waals surface area contributed by atoms with Crippen molar-refractivity contribution in [2.75, 3.05) is 7.11 Å². The summed E-state index contributed by atoms with van der Waals surface area (Å²) in [5.74, 6) is -0.190. The van der Waals surface area contributed by atoms with Gasteiger partial charge in [0.2, 0.25) is 5.91 Å². The minimum absolute atomic E-state index is 0.115. The van der Waals surface area contributed by atoms with Crippen LogP contribution < -0.4 is 10.2 Å². The van der Waals surface area contributed by atoms with Gasteiger partial charge in [0.05, 0.1) is 32.3 Å². The van der Waals surface area contributed by atoms with Gasteiger partial charge in [-0.05, 0) is 61.4 Å². The van der Waals surface area contributed by atoms with E-state index in [1.54, 1.807) is 30.8 Å². The molecule has 0 radical (unpaired) electrons. The largest absolute Gasteiger partial charge is 0.497 e. The van der Waals surface area contributed by atoms with Gasteiger partial charge < -0.3 is 19.1 Å². The monoisotopic (exact) mass is 546 g/mol. The SMILES string of the molecule is COc1ccc(COC(CC(=O)NO)CC(O)C=Cc2c(-c3ccc(F)cc3)c3ccccc3n2C(C)C)cc1. The number of ether oxygens (including phenoxy) is 2. The molecule has 1 amide bonds. The standard InChI is InChI=1S/C32H35FN2O5/c1-21(2)35-29-7-5-4-6-28(29)32(23-10-12-24(33)13-11-23)30(35)17-14-25(36)18-27(19-31(37)34-38)40-20-22-8-15-26(39-3)16-9-22/h4-17,21,25,27,36,38H,18-20H2,1-3H3,(H,34,37). The molecule has 2 atom stereocenters. The van der Waals surface area contributed by atoms with Gasteiger partial charge in [-0.3, -0.25) is 10.0 Å². The van der Waals surface area contributed by atoms with E-state index in [0.29, 0.717) is 0 Å². The number of para-hydroxylation sites is 1. The molecule has 40 heavy (non-hydrogen) atoms. The highest BCUT2D eigenvalue weighted by Gasteiger charge is 2.21.